The van der Waals surface area contributed by atoms with Crippen LogP contribution in [0.4, 0.5) is 0 Å². The maximum atomic E-state index is 5.71. The first-order chi connectivity index (χ1) is 13.7. The van der Waals surface area contributed by atoms with E-state index in [4.69, 9.17) is 19.2 Å². The summed E-state index contributed by atoms with van der Waals surface area (Å²) in [5, 5.41) is 11.8. The molecule has 1 aromatic rings. The Bertz CT molecular complexity index is 598. The lowest BCUT2D eigenvalue weighted by Gasteiger charge is -2.22. The van der Waals surface area contributed by atoms with Crippen LogP contribution in [0.5, 0.6) is 0 Å². The lowest BCUT2D eigenvalue weighted by atomic mass is 10.1. The second kappa shape index (κ2) is 14.9. The van der Waals surface area contributed by atoms with Gasteiger partial charge >= 0.3 is 0 Å². The molecule has 2 heterocycles. The standard InChI is InChI=1S/C19H36N6O3.HI/c1-5-27-10-6-8-20-19(21-13-18-23-22-16(2)24(18)3)25-9-7-17(14-25)15-28-12-11-26-4;/h17H,5-15H2,1-4H3,(H,20,21);1H. The van der Waals surface area contributed by atoms with E-state index in [0.717, 1.165) is 69.9 Å². The molecule has 0 amide bonds. The summed E-state index contributed by atoms with van der Waals surface area (Å²) in [6, 6.07) is 0. The van der Waals surface area contributed by atoms with Crippen molar-refractivity contribution in [3.8, 4) is 0 Å². The Balaban J connectivity index is 0.00000420. The smallest absolute Gasteiger partial charge is 0.194 e. The van der Waals surface area contributed by atoms with Crippen molar-refractivity contribution in [1.29, 1.82) is 0 Å². The first-order valence-corrected chi connectivity index (χ1v) is 10.2. The fourth-order valence-electron chi connectivity index (χ4n) is 3.07. The maximum absolute atomic E-state index is 5.71. The largest absolute Gasteiger partial charge is 0.382 e. The van der Waals surface area contributed by atoms with E-state index in [1.165, 1.54) is 0 Å². The third-order valence-corrected chi connectivity index (χ3v) is 4.88. The van der Waals surface area contributed by atoms with E-state index in [9.17, 15) is 0 Å². The van der Waals surface area contributed by atoms with Gasteiger partial charge in [0, 0.05) is 52.9 Å². The molecule has 0 bridgehead atoms. The molecular weight excluding hydrogens is 487 g/mol. The zero-order valence-corrected chi connectivity index (χ0v) is 20.6. The van der Waals surface area contributed by atoms with E-state index in [1.807, 2.05) is 25.5 Å². The van der Waals surface area contributed by atoms with E-state index >= 15 is 0 Å². The van der Waals surface area contributed by atoms with Gasteiger partial charge in [-0.25, -0.2) is 4.99 Å². The summed E-state index contributed by atoms with van der Waals surface area (Å²) in [7, 11) is 3.66. The Morgan fingerprint density at radius 3 is 2.76 bits per heavy atom. The fourth-order valence-corrected chi connectivity index (χ4v) is 3.07. The summed E-state index contributed by atoms with van der Waals surface area (Å²) < 4.78 is 18.2. The second-order valence-corrected chi connectivity index (χ2v) is 7.01. The number of likely N-dealkylation sites (tertiary alicyclic amines) is 1. The molecule has 0 aromatic carbocycles. The van der Waals surface area contributed by atoms with Crippen molar-refractivity contribution in [3.63, 3.8) is 0 Å². The van der Waals surface area contributed by atoms with Gasteiger partial charge in [0.2, 0.25) is 0 Å². The van der Waals surface area contributed by atoms with Gasteiger partial charge in [0.1, 0.15) is 12.4 Å². The Hall–Kier alpha value is -0.980. The average Bonchev–Trinajstić information content (AvgIpc) is 3.29. The summed E-state index contributed by atoms with van der Waals surface area (Å²) in [4.78, 5) is 7.13. The van der Waals surface area contributed by atoms with Crippen LogP contribution >= 0.6 is 24.0 Å². The highest BCUT2D eigenvalue weighted by Gasteiger charge is 2.25. The molecule has 1 fully saturated rings. The molecule has 1 atom stereocenters. The second-order valence-electron chi connectivity index (χ2n) is 7.01. The molecule has 168 valence electrons. The molecule has 29 heavy (non-hydrogen) atoms. The molecule has 9 nitrogen and oxygen atoms in total. The van der Waals surface area contributed by atoms with Gasteiger partial charge in [-0.3, -0.25) is 0 Å². The molecule has 1 unspecified atom stereocenters. The lowest BCUT2D eigenvalue weighted by Crippen LogP contribution is -2.41. The van der Waals surface area contributed by atoms with Gasteiger partial charge in [0.25, 0.3) is 0 Å². The third-order valence-electron chi connectivity index (χ3n) is 4.88. The number of ether oxygens (including phenoxy) is 3. The minimum atomic E-state index is 0. The highest BCUT2D eigenvalue weighted by molar-refractivity contribution is 14.0. The van der Waals surface area contributed by atoms with Crippen molar-refractivity contribution >= 4 is 29.9 Å². The molecule has 0 radical (unpaired) electrons. The van der Waals surface area contributed by atoms with E-state index in [1.54, 1.807) is 7.11 Å². The average molecular weight is 524 g/mol. The van der Waals surface area contributed by atoms with Crippen molar-refractivity contribution in [2.45, 2.75) is 33.2 Å². The first-order valence-electron chi connectivity index (χ1n) is 10.2. The van der Waals surface area contributed by atoms with Gasteiger partial charge < -0.3 is 29.0 Å². The molecule has 10 heteroatoms. The number of aliphatic imine (C=N–C) groups is 1. The number of nitrogens with one attached hydrogen (secondary N) is 1. The SMILES string of the molecule is CCOCCCNC(=NCc1nnc(C)n1C)N1CCC(COCCOC)C1.I. The van der Waals surface area contributed by atoms with Gasteiger partial charge in [-0.05, 0) is 26.7 Å². The number of nitrogens with zero attached hydrogens (tertiary/aromatic N) is 5. The molecule has 1 aromatic heterocycles. The number of aryl methyl sites for hydroxylation is 1. The Morgan fingerprint density at radius 1 is 1.24 bits per heavy atom. The maximum Gasteiger partial charge on any atom is 0.194 e. The molecule has 1 saturated heterocycles. The quantitative estimate of drug-likeness (QED) is 0.193. The highest BCUT2D eigenvalue weighted by Crippen LogP contribution is 2.17. The van der Waals surface area contributed by atoms with Gasteiger partial charge in [-0.1, -0.05) is 0 Å². The van der Waals surface area contributed by atoms with E-state index in [2.05, 4.69) is 20.4 Å². The van der Waals surface area contributed by atoms with Gasteiger partial charge in [0.15, 0.2) is 11.8 Å². The van der Waals surface area contributed by atoms with Crippen LogP contribution < -0.4 is 5.32 Å². The van der Waals surface area contributed by atoms with Crippen LogP contribution in [0.3, 0.4) is 0 Å². The summed E-state index contributed by atoms with van der Waals surface area (Å²) in [5.74, 6) is 3.21. The molecule has 0 aliphatic carbocycles. The summed E-state index contributed by atoms with van der Waals surface area (Å²) >= 11 is 0. The van der Waals surface area contributed by atoms with Crippen molar-refractivity contribution in [2.75, 3.05) is 59.8 Å². The lowest BCUT2D eigenvalue weighted by molar-refractivity contribution is 0.0536. The van der Waals surface area contributed by atoms with Crippen molar-refractivity contribution < 1.29 is 14.2 Å². The highest BCUT2D eigenvalue weighted by atomic mass is 127. The third kappa shape index (κ3) is 9.14. The van der Waals surface area contributed by atoms with Crippen LogP contribution in [0.2, 0.25) is 0 Å². The van der Waals surface area contributed by atoms with Crippen LogP contribution in [-0.2, 0) is 27.8 Å². The van der Waals surface area contributed by atoms with Crippen LogP contribution in [0, 0.1) is 12.8 Å². The van der Waals surface area contributed by atoms with E-state index < -0.39 is 0 Å². The number of guanidine groups is 1. The number of hydrogen-bond donors (Lipinski definition) is 1. The molecule has 2 rings (SSSR count). The first kappa shape index (κ1) is 26.1. The van der Waals surface area contributed by atoms with Crippen molar-refractivity contribution in [2.24, 2.45) is 18.0 Å². The summed E-state index contributed by atoms with van der Waals surface area (Å²) in [6.45, 7) is 10.8. The Labute approximate surface area is 191 Å². The Morgan fingerprint density at radius 2 is 2.07 bits per heavy atom. The monoisotopic (exact) mass is 524 g/mol. The number of aromatic nitrogens is 3. The fraction of sp³-hybridized carbons (Fsp3) is 0.842. The number of methoxy groups -OCH3 is 1. The van der Waals surface area contributed by atoms with Crippen LogP contribution in [-0.4, -0.2) is 85.4 Å². The predicted molar refractivity (Wildman–Crippen MR) is 124 cm³/mol. The van der Waals surface area contributed by atoms with Crippen LogP contribution in [0.15, 0.2) is 4.99 Å². The predicted octanol–water partition coefficient (Wildman–Crippen LogP) is 1.60. The Kier molecular flexibility index (Phi) is 13.4. The van der Waals surface area contributed by atoms with E-state index in [-0.39, 0.29) is 24.0 Å². The molecular formula is C19H37IN6O3. The number of halogens is 1. The summed E-state index contributed by atoms with van der Waals surface area (Å²) in [6.07, 6.45) is 2.06. The molecule has 1 N–H and O–H groups in total. The number of rotatable bonds is 12. The van der Waals surface area contributed by atoms with Gasteiger partial charge in [0.05, 0.1) is 19.8 Å². The van der Waals surface area contributed by atoms with Gasteiger partial charge in [-0.2, -0.15) is 0 Å². The van der Waals surface area contributed by atoms with Crippen LogP contribution in [0.25, 0.3) is 0 Å². The molecule has 1 aliphatic heterocycles. The minimum absolute atomic E-state index is 0. The van der Waals surface area contributed by atoms with Gasteiger partial charge in [-0.15, -0.1) is 34.2 Å². The van der Waals surface area contributed by atoms with Crippen LogP contribution in [0.1, 0.15) is 31.4 Å². The topological polar surface area (TPSA) is 86.0 Å². The van der Waals surface area contributed by atoms with E-state index in [0.29, 0.717) is 25.7 Å². The summed E-state index contributed by atoms with van der Waals surface area (Å²) in [5.41, 5.74) is 0. The van der Waals surface area contributed by atoms with Crippen molar-refractivity contribution in [3.05, 3.63) is 11.6 Å². The zero-order chi connectivity index (χ0) is 20.2. The molecule has 1 aliphatic rings. The number of hydrogen-bond acceptors (Lipinski definition) is 6. The zero-order valence-electron chi connectivity index (χ0n) is 18.2. The molecule has 0 spiro atoms. The van der Waals surface area contributed by atoms with Crippen molar-refractivity contribution in [1.82, 2.24) is 25.0 Å². The minimum Gasteiger partial charge on any atom is -0.382 e. The normalized spacial score (nSPS) is 16.9. The molecule has 0 saturated carbocycles.